The van der Waals surface area contributed by atoms with Gasteiger partial charge in [0.15, 0.2) is 5.82 Å². The summed E-state index contributed by atoms with van der Waals surface area (Å²) < 4.78 is 24.1. The van der Waals surface area contributed by atoms with Gasteiger partial charge in [0.25, 0.3) is 0 Å². The first kappa shape index (κ1) is 14.1. The van der Waals surface area contributed by atoms with Crippen LogP contribution in [0.5, 0.6) is 0 Å². The molecule has 1 N–H and O–H groups in total. The first-order chi connectivity index (χ1) is 8.03. The van der Waals surface area contributed by atoms with Crippen LogP contribution in [-0.2, 0) is 23.3 Å². The lowest BCUT2D eigenvalue weighted by atomic mass is 10.4. The van der Waals surface area contributed by atoms with Crippen molar-refractivity contribution in [3.8, 4) is 0 Å². The minimum atomic E-state index is -2.82. The second-order valence-electron chi connectivity index (χ2n) is 3.92. The van der Waals surface area contributed by atoms with Crippen LogP contribution in [0.25, 0.3) is 0 Å². The van der Waals surface area contributed by atoms with Gasteiger partial charge in [0, 0.05) is 25.8 Å². The lowest BCUT2D eigenvalue weighted by Crippen LogP contribution is -2.21. The summed E-state index contributed by atoms with van der Waals surface area (Å²) in [5.41, 5.74) is 0. The van der Waals surface area contributed by atoms with Crippen molar-refractivity contribution in [3.63, 3.8) is 0 Å². The van der Waals surface area contributed by atoms with Gasteiger partial charge in [-0.15, -0.1) is 0 Å². The van der Waals surface area contributed by atoms with Crippen LogP contribution < -0.4 is 5.32 Å². The van der Waals surface area contributed by atoms with Crippen LogP contribution in [0, 0.1) is 0 Å². The van der Waals surface area contributed by atoms with Gasteiger partial charge in [-0.1, -0.05) is 6.92 Å². The zero-order valence-corrected chi connectivity index (χ0v) is 11.2. The van der Waals surface area contributed by atoms with Gasteiger partial charge in [-0.3, -0.25) is 4.68 Å². The van der Waals surface area contributed by atoms with E-state index in [2.05, 4.69) is 15.4 Å². The van der Waals surface area contributed by atoms with Crippen molar-refractivity contribution in [1.29, 1.82) is 0 Å². The van der Waals surface area contributed by atoms with E-state index in [0.717, 1.165) is 18.8 Å². The lowest BCUT2D eigenvalue weighted by molar-refractivity contribution is 0.589. The normalized spacial score (nSPS) is 11.9. The molecule has 0 aliphatic carbocycles. The molecule has 0 bridgehead atoms. The fraction of sp³-hybridized carbons (Fsp3) is 0.800. The SMILES string of the molecule is CCS(=O)(=O)CCCNCCc1ncn(C)n1. The van der Waals surface area contributed by atoms with Crippen molar-refractivity contribution < 1.29 is 8.42 Å². The molecule has 98 valence electrons. The molecule has 0 unspecified atom stereocenters. The molecule has 6 nitrogen and oxygen atoms in total. The van der Waals surface area contributed by atoms with Gasteiger partial charge >= 0.3 is 0 Å². The van der Waals surface area contributed by atoms with Crippen LogP contribution in [0.2, 0.25) is 0 Å². The maximum absolute atomic E-state index is 11.2. The van der Waals surface area contributed by atoms with E-state index in [4.69, 9.17) is 0 Å². The third-order valence-corrected chi connectivity index (χ3v) is 4.21. The van der Waals surface area contributed by atoms with E-state index in [1.807, 2.05) is 7.05 Å². The van der Waals surface area contributed by atoms with Gasteiger partial charge in [-0.25, -0.2) is 13.4 Å². The standard InChI is InChI=1S/C10H20N4O2S/c1-3-17(15,16)8-4-6-11-7-5-10-12-9-14(2)13-10/h9,11H,3-8H2,1-2H3. The number of rotatable bonds is 8. The Morgan fingerprint density at radius 1 is 1.41 bits per heavy atom. The Kier molecular flexibility index (Phi) is 5.57. The maximum atomic E-state index is 11.2. The minimum Gasteiger partial charge on any atom is -0.316 e. The zero-order valence-electron chi connectivity index (χ0n) is 10.4. The second kappa shape index (κ2) is 6.70. The van der Waals surface area contributed by atoms with E-state index < -0.39 is 9.84 Å². The number of aryl methyl sites for hydroxylation is 1. The molecule has 0 radical (unpaired) electrons. The maximum Gasteiger partial charge on any atom is 0.151 e. The van der Waals surface area contributed by atoms with Gasteiger partial charge < -0.3 is 5.32 Å². The smallest absolute Gasteiger partial charge is 0.151 e. The third kappa shape index (κ3) is 5.78. The van der Waals surface area contributed by atoms with E-state index >= 15 is 0 Å². The Labute approximate surface area is 102 Å². The average Bonchev–Trinajstić information content (AvgIpc) is 2.69. The summed E-state index contributed by atoms with van der Waals surface area (Å²) in [5.74, 6) is 1.30. The number of aromatic nitrogens is 3. The van der Waals surface area contributed by atoms with Crippen LogP contribution in [0.3, 0.4) is 0 Å². The molecule has 0 atom stereocenters. The Balaban J connectivity index is 2.05. The summed E-state index contributed by atoms with van der Waals surface area (Å²) in [5, 5.41) is 7.34. The summed E-state index contributed by atoms with van der Waals surface area (Å²) in [6.45, 7) is 3.16. The molecule has 7 heteroatoms. The minimum absolute atomic E-state index is 0.227. The van der Waals surface area contributed by atoms with Crippen molar-refractivity contribution in [1.82, 2.24) is 20.1 Å². The second-order valence-corrected chi connectivity index (χ2v) is 6.40. The molecule has 0 aliphatic rings. The zero-order chi connectivity index (χ0) is 12.7. The molecule has 1 aromatic heterocycles. The van der Waals surface area contributed by atoms with Gasteiger partial charge in [-0.2, -0.15) is 5.10 Å². The monoisotopic (exact) mass is 260 g/mol. The van der Waals surface area contributed by atoms with E-state index in [1.165, 1.54) is 0 Å². The molecule has 0 saturated heterocycles. The predicted molar refractivity (Wildman–Crippen MR) is 66.5 cm³/mol. The molecule has 0 fully saturated rings. The van der Waals surface area contributed by atoms with Gasteiger partial charge in [0.05, 0.1) is 5.75 Å². The van der Waals surface area contributed by atoms with E-state index in [1.54, 1.807) is 17.9 Å². The molecule has 0 aliphatic heterocycles. The van der Waals surface area contributed by atoms with Crippen LogP contribution in [0.1, 0.15) is 19.2 Å². The van der Waals surface area contributed by atoms with Crippen LogP contribution in [0.4, 0.5) is 0 Å². The lowest BCUT2D eigenvalue weighted by Gasteiger charge is -2.03. The van der Waals surface area contributed by atoms with E-state index in [-0.39, 0.29) is 11.5 Å². The largest absolute Gasteiger partial charge is 0.316 e. The molecule has 0 saturated carbocycles. The quantitative estimate of drug-likeness (QED) is 0.653. The first-order valence-corrected chi connectivity index (χ1v) is 7.61. The molecule has 1 rings (SSSR count). The van der Waals surface area contributed by atoms with Crippen molar-refractivity contribution in [2.45, 2.75) is 19.8 Å². The Morgan fingerprint density at radius 2 is 2.18 bits per heavy atom. The Hall–Kier alpha value is -0.950. The van der Waals surface area contributed by atoms with Gasteiger partial charge in [0.1, 0.15) is 16.2 Å². The fourth-order valence-corrected chi connectivity index (χ4v) is 2.26. The summed E-state index contributed by atoms with van der Waals surface area (Å²) in [4.78, 5) is 4.10. The molecule has 0 aromatic carbocycles. The van der Waals surface area contributed by atoms with Crippen LogP contribution >= 0.6 is 0 Å². The molecule has 17 heavy (non-hydrogen) atoms. The van der Waals surface area contributed by atoms with Crippen molar-refractivity contribution in [3.05, 3.63) is 12.2 Å². The number of hydrogen-bond donors (Lipinski definition) is 1. The van der Waals surface area contributed by atoms with Crippen molar-refractivity contribution in [2.75, 3.05) is 24.6 Å². The highest BCUT2D eigenvalue weighted by atomic mass is 32.2. The summed E-state index contributed by atoms with van der Waals surface area (Å²) in [6, 6.07) is 0. The van der Waals surface area contributed by atoms with Crippen molar-refractivity contribution >= 4 is 9.84 Å². The molecular weight excluding hydrogens is 240 g/mol. The van der Waals surface area contributed by atoms with Crippen molar-refractivity contribution in [2.24, 2.45) is 7.05 Å². The topological polar surface area (TPSA) is 76.9 Å². The number of nitrogens with zero attached hydrogens (tertiary/aromatic N) is 3. The highest BCUT2D eigenvalue weighted by molar-refractivity contribution is 7.91. The Morgan fingerprint density at radius 3 is 2.76 bits per heavy atom. The predicted octanol–water partition coefficient (Wildman–Crippen LogP) is -0.228. The molecule has 1 heterocycles. The highest BCUT2D eigenvalue weighted by Crippen LogP contribution is 1.92. The first-order valence-electron chi connectivity index (χ1n) is 5.79. The Bertz CT molecular complexity index is 427. The number of sulfone groups is 1. The highest BCUT2D eigenvalue weighted by Gasteiger charge is 2.05. The molecular formula is C10H20N4O2S. The van der Waals surface area contributed by atoms with E-state index in [9.17, 15) is 8.42 Å². The number of hydrogen-bond acceptors (Lipinski definition) is 5. The third-order valence-electron chi connectivity index (χ3n) is 2.42. The van der Waals surface area contributed by atoms with Crippen LogP contribution in [0.15, 0.2) is 6.33 Å². The van der Waals surface area contributed by atoms with Gasteiger partial charge in [-0.05, 0) is 13.0 Å². The number of nitrogens with one attached hydrogen (secondary N) is 1. The molecule has 0 amide bonds. The van der Waals surface area contributed by atoms with E-state index in [0.29, 0.717) is 13.0 Å². The summed E-state index contributed by atoms with van der Waals surface area (Å²) in [7, 11) is -0.991. The molecule has 1 aromatic rings. The summed E-state index contributed by atoms with van der Waals surface area (Å²) in [6.07, 6.45) is 3.09. The summed E-state index contributed by atoms with van der Waals surface area (Å²) >= 11 is 0. The average molecular weight is 260 g/mol. The fourth-order valence-electron chi connectivity index (χ4n) is 1.39. The molecule has 0 spiro atoms. The van der Waals surface area contributed by atoms with Gasteiger partial charge in [0.2, 0.25) is 0 Å². The van der Waals surface area contributed by atoms with Crippen LogP contribution in [-0.4, -0.2) is 47.8 Å².